The fraction of sp³-hybridized carbons (Fsp3) is 0.375. The lowest BCUT2D eigenvalue weighted by Crippen LogP contribution is -2.46. The normalized spacial score (nSPS) is 14.0. The molecule has 0 aliphatic heterocycles. The molecule has 0 aliphatic rings. The van der Waals surface area contributed by atoms with Gasteiger partial charge in [-0.1, -0.05) is 49.7 Å². The summed E-state index contributed by atoms with van der Waals surface area (Å²) in [6.45, 7) is 3.30. The molecule has 0 aromatic heterocycles. The topological polar surface area (TPSA) is 37.4 Å². The summed E-state index contributed by atoms with van der Waals surface area (Å²) in [7, 11) is -5.47. The van der Waals surface area contributed by atoms with Crippen molar-refractivity contribution in [2.45, 2.75) is 38.2 Å². The molecule has 1 atom stereocenters. The predicted octanol–water partition coefficient (Wildman–Crippen LogP) is 4.68. The number of alkyl halides is 3. The van der Waals surface area contributed by atoms with Crippen LogP contribution < -0.4 is 4.31 Å². The smallest absolute Gasteiger partial charge is 0.259 e. The van der Waals surface area contributed by atoms with Gasteiger partial charge in [-0.15, -0.1) is 0 Å². The zero-order valence-electron chi connectivity index (χ0n) is 12.8. The van der Waals surface area contributed by atoms with Crippen LogP contribution in [0.2, 0.25) is 0 Å². The number of anilines is 1. The Bertz CT molecular complexity index is 782. The van der Waals surface area contributed by atoms with Crippen LogP contribution in [0.4, 0.5) is 18.9 Å². The molecule has 0 saturated heterocycles. The van der Waals surface area contributed by atoms with Gasteiger partial charge >= 0.3 is 15.5 Å². The average molecular weight is 345 g/mol. The minimum Gasteiger partial charge on any atom is -0.259 e. The van der Waals surface area contributed by atoms with Gasteiger partial charge in [0.25, 0.3) is 0 Å². The monoisotopic (exact) mass is 345 g/mol. The van der Waals surface area contributed by atoms with Crippen LogP contribution in [0, 0.1) is 0 Å². The molecule has 0 radical (unpaired) electrons. The van der Waals surface area contributed by atoms with Crippen molar-refractivity contribution in [1.29, 1.82) is 0 Å². The Labute approximate surface area is 133 Å². The first-order valence-corrected chi connectivity index (χ1v) is 8.72. The SMILES string of the molecule is CCCC(C)N(c1cccc2ccccc12)S(=O)(=O)C(F)(F)F. The first kappa shape index (κ1) is 17.6. The van der Waals surface area contributed by atoms with E-state index in [4.69, 9.17) is 0 Å². The second-order valence-corrected chi connectivity index (χ2v) is 7.19. The molecule has 0 spiro atoms. The van der Waals surface area contributed by atoms with Crippen LogP contribution >= 0.6 is 0 Å². The standard InChI is InChI=1S/C16H18F3NO2S/c1-3-7-12(2)20(23(21,22)16(17,18)19)15-11-6-9-13-8-4-5-10-14(13)15/h4-6,8-12H,3,7H2,1-2H3. The van der Waals surface area contributed by atoms with Crippen molar-refractivity contribution in [2.24, 2.45) is 0 Å². The molecule has 1 unspecified atom stereocenters. The van der Waals surface area contributed by atoms with Crippen LogP contribution in [-0.4, -0.2) is 20.0 Å². The quantitative estimate of drug-likeness (QED) is 0.789. The third kappa shape index (κ3) is 3.29. The highest BCUT2D eigenvalue weighted by Crippen LogP contribution is 2.37. The number of fused-ring (bicyclic) bond motifs is 1. The maximum atomic E-state index is 13.1. The van der Waals surface area contributed by atoms with Crippen molar-refractivity contribution >= 4 is 26.5 Å². The van der Waals surface area contributed by atoms with Crippen molar-refractivity contribution in [3.8, 4) is 0 Å². The second kappa shape index (κ2) is 6.39. The summed E-state index contributed by atoms with van der Waals surface area (Å²) in [4.78, 5) is 0. The molecule has 7 heteroatoms. The Morgan fingerprint density at radius 1 is 1.09 bits per heavy atom. The number of hydrogen-bond acceptors (Lipinski definition) is 2. The lowest BCUT2D eigenvalue weighted by Gasteiger charge is -2.31. The van der Waals surface area contributed by atoms with E-state index in [2.05, 4.69) is 0 Å². The molecule has 2 aromatic carbocycles. The predicted molar refractivity (Wildman–Crippen MR) is 85.8 cm³/mol. The number of nitrogens with zero attached hydrogens (tertiary/aromatic N) is 1. The summed E-state index contributed by atoms with van der Waals surface area (Å²) in [6.07, 6.45) is 0.911. The van der Waals surface area contributed by atoms with Crippen LogP contribution in [0.3, 0.4) is 0 Å². The highest BCUT2D eigenvalue weighted by molar-refractivity contribution is 7.93. The molecule has 0 fully saturated rings. The van der Waals surface area contributed by atoms with E-state index in [0.717, 1.165) is 0 Å². The van der Waals surface area contributed by atoms with Gasteiger partial charge in [0, 0.05) is 11.4 Å². The summed E-state index contributed by atoms with van der Waals surface area (Å²) in [5.74, 6) is 0. The Balaban J connectivity index is 2.71. The van der Waals surface area contributed by atoms with Gasteiger partial charge in [-0.25, -0.2) is 0 Å². The molecule has 2 aromatic rings. The Kier molecular flexibility index (Phi) is 4.89. The number of benzene rings is 2. The lowest BCUT2D eigenvalue weighted by atomic mass is 10.1. The van der Waals surface area contributed by atoms with Crippen molar-refractivity contribution in [3.05, 3.63) is 42.5 Å². The van der Waals surface area contributed by atoms with Crippen LogP contribution in [0.15, 0.2) is 42.5 Å². The Morgan fingerprint density at radius 3 is 2.30 bits per heavy atom. The lowest BCUT2D eigenvalue weighted by molar-refractivity contribution is -0.0440. The van der Waals surface area contributed by atoms with Gasteiger partial charge in [-0.05, 0) is 24.8 Å². The molecule has 0 bridgehead atoms. The molecule has 23 heavy (non-hydrogen) atoms. The molecule has 3 nitrogen and oxygen atoms in total. The largest absolute Gasteiger partial charge is 0.516 e. The highest BCUT2D eigenvalue weighted by atomic mass is 32.2. The first-order chi connectivity index (χ1) is 10.7. The van der Waals surface area contributed by atoms with Gasteiger partial charge in [0.2, 0.25) is 0 Å². The summed E-state index contributed by atoms with van der Waals surface area (Å²) in [5.41, 5.74) is -5.28. The molecule has 0 heterocycles. The van der Waals surface area contributed by atoms with E-state index in [1.165, 1.54) is 13.0 Å². The van der Waals surface area contributed by atoms with Gasteiger partial charge in [0.05, 0.1) is 5.69 Å². The zero-order chi connectivity index (χ0) is 17.3. The second-order valence-electron chi connectivity index (χ2n) is 5.38. The maximum absolute atomic E-state index is 13.1. The zero-order valence-corrected chi connectivity index (χ0v) is 13.7. The van der Waals surface area contributed by atoms with Crippen LogP contribution in [0.5, 0.6) is 0 Å². The molecule has 0 aliphatic carbocycles. The Hall–Kier alpha value is -1.76. The van der Waals surface area contributed by atoms with E-state index >= 15 is 0 Å². The van der Waals surface area contributed by atoms with E-state index in [1.807, 2.05) is 0 Å². The molecule has 2 rings (SSSR count). The number of halogens is 3. The molecular formula is C16H18F3NO2S. The van der Waals surface area contributed by atoms with E-state index in [-0.39, 0.29) is 5.69 Å². The van der Waals surface area contributed by atoms with Gasteiger partial charge in [-0.2, -0.15) is 21.6 Å². The summed E-state index contributed by atoms with van der Waals surface area (Å²) >= 11 is 0. The fourth-order valence-electron chi connectivity index (χ4n) is 2.65. The van der Waals surface area contributed by atoms with Gasteiger partial charge < -0.3 is 0 Å². The average Bonchev–Trinajstić information content (AvgIpc) is 2.46. The fourth-order valence-corrected chi connectivity index (χ4v) is 3.87. The van der Waals surface area contributed by atoms with E-state index in [1.54, 1.807) is 43.3 Å². The van der Waals surface area contributed by atoms with Crippen molar-refractivity contribution in [2.75, 3.05) is 4.31 Å². The third-order valence-corrected chi connectivity index (χ3v) is 5.32. The van der Waals surface area contributed by atoms with Gasteiger partial charge in [0.1, 0.15) is 0 Å². The van der Waals surface area contributed by atoms with Gasteiger partial charge in [0.15, 0.2) is 0 Å². The molecule has 0 N–H and O–H groups in total. The summed E-state index contributed by atoms with van der Waals surface area (Å²) < 4.78 is 64.2. The molecular weight excluding hydrogens is 327 g/mol. The molecule has 126 valence electrons. The number of hydrogen-bond donors (Lipinski definition) is 0. The van der Waals surface area contributed by atoms with Crippen LogP contribution in [-0.2, 0) is 10.0 Å². The number of rotatable bonds is 5. The van der Waals surface area contributed by atoms with Gasteiger partial charge in [-0.3, -0.25) is 4.31 Å². The third-order valence-electron chi connectivity index (χ3n) is 3.66. The van der Waals surface area contributed by atoms with Crippen LogP contribution in [0.1, 0.15) is 26.7 Å². The highest BCUT2D eigenvalue weighted by Gasteiger charge is 2.51. The van der Waals surface area contributed by atoms with E-state index < -0.39 is 21.6 Å². The first-order valence-electron chi connectivity index (χ1n) is 7.28. The Morgan fingerprint density at radius 2 is 1.70 bits per heavy atom. The minimum absolute atomic E-state index is 0.0568. The number of sulfonamides is 1. The van der Waals surface area contributed by atoms with Crippen molar-refractivity contribution < 1.29 is 21.6 Å². The summed E-state index contributed by atoms with van der Waals surface area (Å²) in [6, 6.07) is 10.7. The van der Waals surface area contributed by atoms with Crippen molar-refractivity contribution in [1.82, 2.24) is 0 Å². The minimum atomic E-state index is -5.47. The van der Waals surface area contributed by atoms with Crippen molar-refractivity contribution in [3.63, 3.8) is 0 Å². The summed E-state index contributed by atoms with van der Waals surface area (Å²) in [5, 5.41) is 1.17. The maximum Gasteiger partial charge on any atom is 0.516 e. The van der Waals surface area contributed by atoms with E-state index in [0.29, 0.717) is 27.9 Å². The molecule has 0 saturated carbocycles. The van der Waals surface area contributed by atoms with E-state index in [9.17, 15) is 21.6 Å². The van der Waals surface area contributed by atoms with Crippen LogP contribution in [0.25, 0.3) is 10.8 Å². The molecule has 0 amide bonds.